The van der Waals surface area contributed by atoms with E-state index < -0.39 is 0 Å². The molecule has 1 aliphatic carbocycles. The molecule has 0 spiro atoms. The van der Waals surface area contributed by atoms with Crippen molar-refractivity contribution in [3.63, 3.8) is 0 Å². The maximum atomic E-state index is 10.9. The minimum Gasteiger partial charge on any atom is -0.462 e. The van der Waals surface area contributed by atoms with Crippen LogP contribution in [0.5, 0.6) is 0 Å². The lowest BCUT2D eigenvalue weighted by atomic mass is 9.84. The molecule has 0 amide bonds. The van der Waals surface area contributed by atoms with Crippen molar-refractivity contribution in [3.8, 4) is 0 Å². The molecule has 21 heavy (non-hydrogen) atoms. The summed E-state index contributed by atoms with van der Waals surface area (Å²) in [6.07, 6.45) is 11.6. The lowest BCUT2D eigenvalue weighted by molar-refractivity contribution is -0.158. The lowest BCUT2D eigenvalue weighted by Crippen LogP contribution is -2.25. The second-order valence-electron chi connectivity index (χ2n) is 6.02. The molecule has 4 nitrogen and oxygen atoms in total. The van der Waals surface area contributed by atoms with Crippen molar-refractivity contribution in [3.05, 3.63) is 11.6 Å². The Morgan fingerprint density at radius 1 is 1.14 bits per heavy atom. The number of esters is 1. The van der Waals surface area contributed by atoms with Crippen molar-refractivity contribution in [1.29, 1.82) is 0 Å². The summed E-state index contributed by atoms with van der Waals surface area (Å²) in [6, 6.07) is 0. The van der Waals surface area contributed by atoms with E-state index in [1.54, 1.807) is 0 Å². The van der Waals surface area contributed by atoms with Crippen LogP contribution in [0.1, 0.15) is 58.3 Å². The van der Waals surface area contributed by atoms with E-state index in [1.165, 1.54) is 51.0 Å². The molecule has 0 N–H and O–H groups in total. The van der Waals surface area contributed by atoms with Gasteiger partial charge in [-0.05, 0) is 49.7 Å². The number of ether oxygens (including phenoxy) is 3. The molecule has 1 atom stereocenters. The summed E-state index contributed by atoms with van der Waals surface area (Å²) in [5.41, 5.74) is 1.28. The number of hydrogen-bond acceptors (Lipinski definition) is 4. The largest absolute Gasteiger partial charge is 0.462 e. The molecule has 1 unspecified atom stereocenters. The third kappa shape index (κ3) is 6.18. The quantitative estimate of drug-likeness (QED) is 0.555. The van der Waals surface area contributed by atoms with Crippen LogP contribution in [0.25, 0.3) is 0 Å². The Balaban J connectivity index is 1.85. The van der Waals surface area contributed by atoms with Gasteiger partial charge in [0.1, 0.15) is 6.61 Å². The molecule has 1 saturated heterocycles. The number of rotatable bonds is 6. The zero-order valence-corrected chi connectivity index (χ0v) is 13.1. The van der Waals surface area contributed by atoms with Gasteiger partial charge in [-0.1, -0.05) is 19.3 Å². The van der Waals surface area contributed by atoms with Crippen LogP contribution in [-0.4, -0.2) is 32.1 Å². The summed E-state index contributed by atoms with van der Waals surface area (Å²) in [7, 11) is 0. The van der Waals surface area contributed by atoms with Crippen molar-refractivity contribution < 1.29 is 19.0 Å². The summed E-state index contributed by atoms with van der Waals surface area (Å²) < 4.78 is 16.6. The number of hydrogen-bond donors (Lipinski definition) is 0. The highest BCUT2D eigenvalue weighted by molar-refractivity contribution is 5.66. The SMILES string of the molecule is CC(=O)OC/C=C(\COC1CCCCO1)C1CCCCC1. The topological polar surface area (TPSA) is 44.8 Å². The molecule has 1 aliphatic heterocycles. The van der Waals surface area contributed by atoms with Gasteiger partial charge in [0.05, 0.1) is 6.61 Å². The van der Waals surface area contributed by atoms with E-state index in [0.717, 1.165) is 19.4 Å². The Hall–Kier alpha value is -0.870. The van der Waals surface area contributed by atoms with Gasteiger partial charge >= 0.3 is 5.97 Å². The highest BCUT2D eigenvalue weighted by atomic mass is 16.7. The van der Waals surface area contributed by atoms with Crippen LogP contribution < -0.4 is 0 Å². The van der Waals surface area contributed by atoms with Gasteiger partial charge in [-0.3, -0.25) is 4.79 Å². The van der Waals surface area contributed by atoms with Gasteiger partial charge in [-0.25, -0.2) is 0 Å². The summed E-state index contributed by atoms with van der Waals surface area (Å²) >= 11 is 0. The molecular weight excluding hydrogens is 268 g/mol. The first-order chi connectivity index (χ1) is 10.3. The molecule has 1 heterocycles. The van der Waals surface area contributed by atoms with E-state index in [2.05, 4.69) is 0 Å². The maximum absolute atomic E-state index is 10.9. The third-order valence-electron chi connectivity index (χ3n) is 4.34. The standard InChI is InChI=1S/C17H28O4/c1-14(18)19-12-10-16(15-7-3-2-4-8-15)13-21-17-9-5-6-11-20-17/h10,15,17H,2-9,11-13H2,1H3/b16-10+. The first kappa shape index (κ1) is 16.5. The fourth-order valence-corrected chi connectivity index (χ4v) is 3.11. The summed E-state index contributed by atoms with van der Waals surface area (Å²) in [5, 5.41) is 0. The Labute approximate surface area is 127 Å². The van der Waals surface area contributed by atoms with E-state index >= 15 is 0 Å². The van der Waals surface area contributed by atoms with Gasteiger partial charge in [0.25, 0.3) is 0 Å². The van der Waals surface area contributed by atoms with Crippen LogP contribution in [0.2, 0.25) is 0 Å². The second kappa shape index (κ2) is 9.21. The average molecular weight is 296 g/mol. The molecule has 0 radical (unpaired) electrons. The Kier molecular flexibility index (Phi) is 7.24. The van der Waals surface area contributed by atoms with Crippen LogP contribution in [0.4, 0.5) is 0 Å². The van der Waals surface area contributed by atoms with Crippen LogP contribution in [0, 0.1) is 5.92 Å². The molecule has 0 aromatic heterocycles. The molecule has 1 saturated carbocycles. The minimum atomic E-state index is -0.231. The van der Waals surface area contributed by atoms with Crippen molar-refractivity contribution in [2.45, 2.75) is 64.6 Å². The fraction of sp³-hybridized carbons (Fsp3) is 0.824. The summed E-state index contributed by atoms with van der Waals surface area (Å²) in [4.78, 5) is 10.9. The van der Waals surface area contributed by atoms with Crippen LogP contribution in [0.15, 0.2) is 11.6 Å². The van der Waals surface area contributed by atoms with Gasteiger partial charge in [-0.2, -0.15) is 0 Å². The van der Waals surface area contributed by atoms with Gasteiger partial charge in [0.15, 0.2) is 6.29 Å². The molecule has 2 aliphatic rings. The first-order valence-electron chi connectivity index (χ1n) is 8.31. The van der Waals surface area contributed by atoms with E-state index in [-0.39, 0.29) is 12.3 Å². The van der Waals surface area contributed by atoms with Gasteiger partial charge in [-0.15, -0.1) is 0 Å². The minimum absolute atomic E-state index is 0.0560. The van der Waals surface area contributed by atoms with Crippen LogP contribution in [0.3, 0.4) is 0 Å². The smallest absolute Gasteiger partial charge is 0.302 e. The summed E-state index contributed by atoms with van der Waals surface area (Å²) in [5.74, 6) is 0.351. The molecule has 4 heteroatoms. The van der Waals surface area contributed by atoms with Gasteiger partial charge in [0, 0.05) is 13.5 Å². The number of carbonyl (C=O) groups excluding carboxylic acids is 1. The second-order valence-corrected chi connectivity index (χ2v) is 6.02. The maximum Gasteiger partial charge on any atom is 0.302 e. The van der Waals surface area contributed by atoms with Crippen molar-refractivity contribution >= 4 is 5.97 Å². The first-order valence-corrected chi connectivity index (χ1v) is 8.31. The Morgan fingerprint density at radius 3 is 2.57 bits per heavy atom. The fourth-order valence-electron chi connectivity index (χ4n) is 3.11. The monoisotopic (exact) mass is 296 g/mol. The zero-order chi connectivity index (χ0) is 14.9. The third-order valence-corrected chi connectivity index (χ3v) is 4.34. The van der Waals surface area contributed by atoms with Gasteiger partial charge in [0.2, 0.25) is 0 Å². The molecule has 0 aromatic rings. The summed E-state index contributed by atoms with van der Waals surface area (Å²) in [6.45, 7) is 3.22. The highest BCUT2D eigenvalue weighted by Gasteiger charge is 2.20. The van der Waals surface area contributed by atoms with E-state index in [9.17, 15) is 4.79 Å². The Morgan fingerprint density at radius 2 is 1.90 bits per heavy atom. The zero-order valence-electron chi connectivity index (χ0n) is 13.1. The van der Waals surface area contributed by atoms with E-state index in [1.807, 2.05) is 6.08 Å². The number of carbonyl (C=O) groups is 1. The van der Waals surface area contributed by atoms with Crippen LogP contribution >= 0.6 is 0 Å². The van der Waals surface area contributed by atoms with Crippen molar-refractivity contribution in [2.24, 2.45) is 5.92 Å². The average Bonchev–Trinajstić information content (AvgIpc) is 2.52. The molecule has 120 valence electrons. The Bertz CT molecular complexity index is 339. The molecule has 2 fully saturated rings. The normalized spacial score (nSPS) is 24.8. The van der Waals surface area contributed by atoms with Crippen LogP contribution in [-0.2, 0) is 19.0 Å². The van der Waals surface area contributed by atoms with E-state index in [0.29, 0.717) is 19.1 Å². The predicted octanol–water partition coefficient (Wildman–Crippen LogP) is 3.60. The van der Waals surface area contributed by atoms with Crippen molar-refractivity contribution in [1.82, 2.24) is 0 Å². The van der Waals surface area contributed by atoms with Gasteiger partial charge < -0.3 is 14.2 Å². The molecule has 0 bridgehead atoms. The predicted molar refractivity (Wildman–Crippen MR) is 80.8 cm³/mol. The molecular formula is C17H28O4. The molecule has 0 aromatic carbocycles. The lowest BCUT2D eigenvalue weighted by Gasteiger charge is -2.28. The molecule has 2 rings (SSSR count). The highest BCUT2D eigenvalue weighted by Crippen LogP contribution is 2.30. The van der Waals surface area contributed by atoms with Crippen molar-refractivity contribution in [2.75, 3.05) is 19.8 Å². The van der Waals surface area contributed by atoms with E-state index in [4.69, 9.17) is 14.2 Å².